The molecule has 1 aliphatic rings. The molecule has 1 aliphatic carbocycles. The minimum absolute atomic E-state index is 0.382. The van der Waals surface area contributed by atoms with Gasteiger partial charge in [-0.1, -0.05) is 30.9 Å². The van der Waals surface area contributed by atoms with E-state index in [9.17, 15) is 4.79 Å². The highest BCUT2D eigenvalue weighted by atomic mass is 35.5. The van der Waals surface area contributed by atoms with Crippen molar-refractivity contribution in [1.29, 1.82) is 0 Å². The second-order valence-corrected chi connectivity index (χ2v) is 8.03. The number of H-pyrrole nitrogens is 1. The number of carboxylic acids is 1. The SMILES string of the molecule is Cc1cc(OCC(=O)O)cc(Cl)c1Oc1ccc2[nH]cc(C3CCCCC3)c2c1. The van der Waals surface area contributed by atoms with Crippen molar-refractivity contribution in [3.63, 3.8) is 0 Å². The summed E-state index contributed by atoms with van der Waals surface area (Å²) >= 11 is 6.39. The molecule has 1 saturated carbocycles. The fraction of sp³-hybridized carbons (Fsp3) is 0.348. The first-order valence-corrected chi connectivity index (χ1v) is 10.3. The van der Waals surface area contributed by atoms with E-state index in [2.05, 4.69) is 17.2 Å². The van der Waals surface area contributed by atoms with Crippen molar-refractivity contribution in [3.05, 3.63) is 52.7 Å². The Hall–Kier alpha value is -2.66. The smallest absolute Gasteiger partial charge is 0.341 e. The van der Waals surface area contributed by atoms with E-state index in [1.165, 1.54) is 43.1 Å². The van der Waals surface area contributed by atoms with Crippen LogP contribution < -0.4 is 9.47 Å². The van der Waals surface area contributed by atoms with Crippen molar-refractivity contribution >= 4 is 28.5 Å². The highest BCUT2D eigenvalue weighted by Crippen LogP contribution is 2.40. The Bertz CT molecular complexity index is 1010. The molecule has 0 amide bonds. The van der Waals surface area contributed by atoms with Crippen molar-refractivity contribution in [1.82, 2.24) is 4.98 Å². The number of rotatable bonds is 6. The lowest BCUT2D eigenvalue weighted by Gasteiger charge is -2.21. The van der Waals surface area contributed by atoms with Crippen LogP contribution in [0.4, 0.5) is 0 Å². The summed E-state index contributed by atoms with van der Waals surface area (Å²) < 4.78 is 11.3. The molecule has 5 nitrogen and oxygen atoms in total. The lowest BCUT2D eigenvalue weighted by Crippen LogP contribution is -2.09. The number of fused-ring (bicyclic) bond motifs is 1. The Labute approximate surface area is 174 Å². The molecule has 4 rings (SSSR count). The fourth-order valence-corrected chi connectivity index (χ4v) is 4.41. The van der Waals surface area contributed by atoms with Gasteiger partial charge in [0.2, 0.25) is 0 Å². The maximum Gasteiger partial charge on any atom is 0.341 e. The van der Waals surface area contributed by atoms with Crippen molar-refractivity contribution in [2.75, 3.05) is 6.61 Å². The van der Waals surface area contributed by atoms with Crippen molar-refractivity contribution in [2.45, 2.75) is 44.9 Å². The maximum atomic E-state index is 10.7. The standard InChI is InChI=1S/C23H24ClNO4/c1-14-9-17(28-13-22(26)27)11-20(24)23(14)29-16-7-8-21-18(10-16)19(12-25-21)15-5-3-2-4-6-15/h7-12,15,25H,2-6,13H2,1H3,(H,26,27). The molecule has 2 aromatic carbocycles. The summed E-state index contributed by atoms with van der Waals surface area (Å²) in [5, 5.41) is 10.3. The summed E-state index contributed by atoms with van der Waals surface area (Å²) in [6, 6.07) is 9.33. The summed E-state index contributed by atoms with van der Waals surface area (Å²) in [6.45, 7) is 1.45. The van der Waals surface area contributed by atoms with E-state index in [-0.39, 0.29) is 0 Å². The molecule has 2 N–H and O–H groups in total. The van der Waals surface area contributed by atoms with Crippen molar-refractivity contribution in [2.24, 2.45) is 0 Å². The number of aromatic nitrogens is 1. The molecule has 1 aromatic heterocycles. The first-order valence-electron chi connectivity index (χ1n) is 9.95. The minimum Gasteiger partial charge on any atom is -0.482 e. The average Bonchev–Trinajstić information content (AvgIpc) is 3.13. The predicted molar refractivity (Wildman–Crippen MR) is 114 cm³/mol. The fourth-order valence-electron chi connectivity index (χ4n) is 4.11. The molecule has 0 unspecified atom stereocenters. The van der Waals surface area contributed by atoms with Gasteiger partial charge in [0.15, 0.2) is 6.61 Å². The van der Waals surface area contributed by atoms with Gasteiger partial charge in [-0.15, -0.1) is 0 Å². The van der Waals surface area contributed by atoms with Crippen LogP contribution in [-0.2, 0) is 4.79 Å². The number of hydrogen-bond acceptors (Lipinski definition) is 3. The number of hydrogen-bond donors (Lipinski definition) is 2. The van der Waals surface area contributed by atoms with Gasteiger partial charge in [0.1, 0.15) is 17.2 Å². The quantitative estimate of drug-likeness (QED) is 0.488. The zero-order valence-corrected chi connectivity index (χ0v) is 17.1. The van der Waals surface area contributed by atoms with Gasteiger partial charge >= 0.3 is 5.97 Å². The highest BCUT2D eigenvalue weighted by molar-refractivity contribution is 6.32. The Morgan fingerprint density at radius 1 is 1.17 bits per heavy atom. The lowest BCUT2D eigenvalue weighted by molar-refractivity contribution is -0.139. The molecule has 0 aliphatic heterocycles. The summed E-state index contributed by atoms with van der Waals surface area (Å²) in [5.74, 6) is 1.24. The summed E-state index contributed by atoms with van der Waals surface area (Å²) in [5.41, 5.74) is 3.25. The van der Waals surface area contributed by atoms with Gasteiger partial charge in [0.25, 0.3) is 0 Å². The van der Waals surface area contributed by atoms with E-state index >= 15 is 0 Å². The predicted octanol–water partition coefficient (Wildman–Crippen LogP) is 6.43. The van der Waals surface area contributed by atoms with E-state index in [1.807, 2.05) is 19.1 Å². The maximum absolute atomic E-state index is 10.7. The van der Waals surface area contributed by atoms with Crippen LogP contribution in [-0.4, -0.2) is 22.7 Å². The summed E-state index contributed by atoms with van der Waals surface area (Å²) in [6.07, 6.45) is 8.52. The number of halogens is 1. The van der Waals surface area contributed by atoms with E-state index < -0.39 is 12.6 Å². The molecule has 1 fully saturated rings. The van der Waals surface area contributed by atoms with Crippen LogP contribution in [0.5, 0.6) is 17.2 Å². The molecule has 0 atom stereocenters. The molecule has 0 radical (unpaired) electrons. The van der Waals surface area contributed by atoms with Gasteiger partial charge in [-0.2, -0.15) is 0 Å². The summed E-state index contributed by atoms with van der Waals surface area (Å²) in [4.78, 5) is 14.1. The van der Waals surface area contributed by atoms with Gasteiger partial charge in [-0.05, 0) is 61.1 Å². The van der Waals surface area contributed by atoms with Gasteiger partial charge in [-0.3, -0.25) is 0 Å². The number of aromatic amines is 1. The van der Waals surface area contributed by atoms with Crippen LogP contribution in [0.25, 0.3) is 10.9 Å². The topological polar surface area (TPSA) is 71.6 Å². The Morgan fingerprint density at radius 3 is 2.69 bits per heavy atom. The Morgan fingerprint density at radius 2 is 1.97 bits per heavy atom. The zero-order valence-electron chi connectivity index (χ0n) is 16.3. The third-order valence-corrected chi connectivity index (χ3v) is 5.80. The molecular formula is C23H24ClNO4. The molecule has 29 heavy (non-hydrogen) atoms. The zero-order chi connectivity index (χ0) is 20.4. The highest BCUT2D eigenvalue weighted by Gasteiger charge is 2.19. The van der Waals surface area contributed by atoms with Crippen LogP contribution in [0.2, 0.25) is 5.02 Å². The third kappa shape index (κ3) is 4.35. The van der Waals surface area contributed by atoms with E-state index in [1.54, 1.807) is 12.1 Å². The molecule has 0 bridgehead atoms. The molecule has 1 heterocycles. The van der Waals surface area contributed by atoms with Crippen LogP contribution in [0.15, 0.2) is 36.5 Å². The Kier molecular flexibility index (Phi) is 5.67. The van der Waals surface area contributed by atoms with Crippen LogP contribution >= 0.6 is 11.6 Å². The van der Waals surface area contributed by atoms with E-state index in [4.69, 9.17) is 26.2 Å². The first-order chi connectivity index (χ1) is 14.0. The second-order valence-electron chi connectivity index (χ2n) is 7.62. The number of ether oxygens (including phenoxy) is 2. The number of carboxylic acid groups (broad SMARTS) is 1. The van der Waals surface area contributed by atoms with Gasteiger partial charge < -0.3 is 19.6 Å². The van der Waals surface area contributed by atoms with Crippen LogP contribution in [0.1, 0.15) is 49.1 Å². The normalized spacial score (nSPS) is 14.8. The molecule has 152 valence electrons. The monoisotopic (exact) mass is 413 g/mol. The number of nitrogens with one attached hydrogen (secondary N) is 1. The number of aliphatic carboxylic acids is 1. The second kappa shape index (κ2) is 8.37. The van der Waals surface area contributed by atoms with Crippen molar-refractivity contribution < 1.29 is 19.4 Å². The molecule has 6 heteroatoms. The van der Waals surface area contributed by atoms with Crippen LogP contribution in [0.3, 0.4) is 0 Å². The molecule has 0 spiro atoms. The number of benzene rings is 2. The Balaban J connectivity index is 1.60. The average molecular weight is 414 g/mol. The van der Waals surface area contributed by atoms with Gasteiger partial charge in [0.05, 0.1) is 5.02 Å². The van der Waals surface area contributed by atoms with Crippen LogP contribution in [0, 0.1) is 6.92 Å². The van der Waals surface area contributed by atoms with Gasteiger partial charge in [-0.25, -0.2) is 4.79 Å². The molecule has 3 aromatic rings. The minimum atomic E-state index is -1.03. The van der Waals surface area contributed by atoms with E-state index in [0.29, 0.717) is 22.4 Å². The molecule has 0 saturated heterocycles. The number of carbonyl (C=O) groups is 1. The summed E-state index contributed by atoms with van der Waals surface area (Å²) in [7, 11) is 0. The third-order valence-electron chi connectivity index (χ3n) is 5.52. The number of aryl methyl sites for hydroxylation is 1. The van der Waals surface area contributed by atoms with Gasteiger partial charge in [0, 0.05) is 23.2 Å². The largest absolute Gasteiger partial charge is 0.482 e. The molecular weight excluding hydrogens is 390 g/mol. The van der Waals surface area contributed by atoms with Crippen molar-refractivity contribution in [3.8, 4) is 17.2 Å². The van der Waals surface area contributed by atoms with E-state index in [0.717, 1.165) is 16.8 Å². The first kappa shape index (κ1) is 19.6. The lowest BCUT2D eigenvalue weighted by atomic mass is 9.84.